The van der Waals surface area contributed by atoms with Gasteiger partial charge in [0, 0.05) is 19.0 Å². The number of benzene rings is 2. The summed E-state index contributed by atoms with van der Waals surface area (Å²) in [6.07, 6.45) is 2.52. The lowest BCUT2D eigenvalue weighted by Crippen LogP contribution is -2.50. The smallest absolute Gasteiger partial charge is 0.243 e. The highest BCUT2D eigenvalue weighted by Crippen LogP contribution is 2.16. The predicted molar refractivity (Wildman–Crippen MR) is 118 cm³/mol. The lowest BCUT2D eigenvalue weighted by molar-refractivity contribution is -0.141. The van der Waals surface area contributed by atoms with E-state index in [1.54, 1.807) is 4.90 Å². The molecule has 156 valence electrons. The number of hydrogen-bond donors (Lipinski definition) is 1. The van der Waals surface area contributed by atoms with Gasteiger partial charge in [-0.2, -0.15) is 0 Å². The molecule has 2 rings (SSSR count). The molecule has 0 aromatic heterocycles. The van der Waals surface area contributed by atoms with Crippen LogP contribution in [-0.4, -0.2) is 28.8 Å². The average molecular weight is 395 g/mol. The topological polar surface area (TPSA) is 49.4 Å². The second kappa shape index (κ2) is 11.4. The van der Waals surface area contributed by atoms with Crippen molar-refractivity contribution < 1.29 is 9.59 Å². The number of hydrogen-bond acceptors (Lipinski definition) is 2. The fourth-order valence-corrected chi connectivity index (χ4v) is 3.41. The molecule has 1 N–H and O–H groups in total. The molecule has 2 amide bonds. The number of amides is 2. The molecule has 0 spiro atoms. The molecule has 0 heterocycles. The van der Waals surface area contributed by atoms with Crippen molar-refractivity contribution >= 4 is 11.8 Å². The van der Waals surface area contributed by atoms with E-state index in [1.165, 1.54) is 0 Å². The van der Waals surface area contributed by atoms with Gasteiger partial charge in [-0.1, -0.05) is 74.0 Å². The fraction of sp³-hybridized carbons (Fsp3) is 0.440. The van der Waals surface area contributed by atoms with E-state index in [2.05, 4.69) is 11.4 Å². The average Bonchev–Trinajstić information content (AvgIpc) is 2.72. The summed E-state index contributed by atoms with van der Waals surface area (Å²) in [4.78, 5) is 27.9. The Morgan fingerprint density at radius 2 is 1.66 bits per heavy atom. The van der Waals surface area contributed by atoms with Crippen LogP contribution in [0.25, 0.3) is 0 Å². The quantitative estimate of drug-likeness (QED) is 0.638. The van der Waals surface area contributed by atoms with Crippen molar-refractivity contribution in [3.05, 3.63) is 71.3 Å². The first-order chi connectivity index (χ1) is 13.9. The highest BCUT2D eigenvalue weighted by Gasteiger charge is 2.28. The van der Waals surface area contributed by atoms with Crippen LogP contribution in [0.1, 0.15) is 56.7 Å². The lowest BCUT2D eigenvalue weighted by atomic mass is 10.0. The van der Waals surface area contributed by atoms with Gasteiger partial charge in [-0.15, -0.1) is 0 Å². The van der Waals surface area contributed by atoms with Gasteiger partial charge in [0.1, 0.15) is 6.04 Å². The normalized spacial score (nSPS) is 12.8. The summed E-state index contributed by atoms with van der Waals surface area (Å²) in [5.74, 6) is -0.0518. The minimum atomic E-state index is -0.465. The Balaban J connectivity index is 2.20. The van der Waals surface area contributed by atoms with Crippen LogP contribution in [0.3, 0.4) is 0 Å². The van der Waals surface area contributed by atoms with Crippen molar-refractivity contribution in [3.63, 3.8) is 0 Å². The van der Waals surface area contributed by atoms with Crippen LogP contribution in [0.2, 0.25) is 0 Å². The molecule has 2 aromatic rings. The van der Waals surface area contributed by atoms with E-state index in [1.807, 2.05) is 76.2 Å². The zero-order valence-electron chi connectivity index (χ0n) is 18.2. The summed E-state index contributed by atoms with van der Waals surface area (Å²) in [6.45, 7) is 8.49. The van der Waals surface area contributed by atoms with Crippen molar-refractivity contribution in [1.29, 1.82) is 0 Å². The minimum Gasteiger partial charge on any atom is -0.352 e. The van der Waals surface area contributed by atoms with Gasteiger partial charge in [-0.3, -0.25) is 9.59 Å². The second-order valence-electron chi connectivity index (χ2n) is 7.74. The van der Waals surface area contributed by atoms with Crippen molar-refractivity contribution in [2.45, 2.75) is 72.0 Å². The standard InChI is InChI=1S/C25H34N2O2/c1-5-20(4)26-25(29)23(6-2)27(18-22-14-10-11-19(3)17-22)24(28)16-15-21-12-8-7-9-13-21/h7-14,17,20,23H,5-6,15-16,18H2,1-4H3,(H,26,29)/t20-,23-/m1/s1. The fourth-order valence-electron chi connectivity index (χ4n) is 3.41. The number of aryl methyl sites for hydroxylation is 2. The molecule has 4 heteroatoms. The zero-order chi connectivity index (χ0) is 21.2. The first-order valence-corrected chi connectivity index (χ1v) is 10.6. The molecule has 0 aliphatic heterocycles. The van der Waals surface area contributed by atoms with E-state index in [-0.39, 0.29) is 17.9 Å². The summed E-state index contributed by atoms with van der Waals surface area (Å²) in [7, 11) is 0. The second-order valence-corrected chi connectivity index (χ2v) is 7.74. The molecule has 2 atom stereocenters. The number of carbonyl (C=O) groups excluding carboxylic acids is 2. The van der Waals surface area contributed by atoms with Crippen LogP contribution in [0.4, 0.5) is 0 Å². The number of nitrogens with zero attached hydrogens (tertiary/aromatic N) is 1. The Kier molecular flexibility index (Phi) is 8.91. The van der Waals surface area contributed by atoms with Crippen molar-refractivity contribution in [2.24, 2.45) is 0 Å². The maximum Gasteiger partial charge on any atom is 0.243 e. The molecular weight excluding hydrogens is 360 g/mol. The van der Waals surface area contributed by atoms with Gasteiger partial charge in [0.25, 0.3) is 0 Å². The zero-order valence-corrected chi connectivity index (χ0v) is 18.2. The maximum atomic E-state index is 13.2. The number of carbonyl (C=O) groups is 2. The van der Waals surface area contributed by atoms with Crippen molar-refractivity contribution in [3.8, 4) is 0 Å². The molecule has 0 radical (unpaired) electrons. The van der Waals surface area contributed by atoms with Crippen LogP contribution in [0.15, 0.2) is 54.6 Å². The molecule has 0 aliphatic carbocycles. The van der Waals surface area contributed by atoms with Gasteiger partial charge in [0.05, 0.1) is 0 Å². The van der Waals surface area contributed by atoms with E-state index >= 15 is 0 Å². The Hall–Kier alpha value is -2.62. The Morgan fingerprint density at radius 1 is 0.966 bits per heavy atom. The van der Waals surface area contributed by atoms with E-state index < -0.39 is 6.04 Å². The summed E-state index contributed by atoms with van der Waals surface area (Å²) in [6, 6.07) is 17.8. The first-order valence-electron chi connectivity index (χ1n) is 10.6. The molecule has 0 saturated carbocycles. The molecule has 0 saturated heterocycles. The van der Waals surface area contributed by atoms with Gasteiger partial charge in [-0.05, 0) is 44.2 Å². The summed E-state index contributed by atoms with van der Waals surface area (Å²) < 4.78 is 0. The molecule has 2 aromatic carbocycles. The Morgan fingerprint density at radius 3 is 2.28 bits per heavy atom. The monoisotopic (exact) mass is 394 g/mol. The van der Waals surface area contributed by atoms with Crippen LogP contribution in [0.5, 0.6) is 0 Å². The molecule has 0 aliphatic rings. The third-order valence-electron chi connectivity index (χ3n) is 5.29. The predicted octanol–water partition coefficient (Wildman–Crippen LogP) is 4.65. The SMILES string of the molecule is CC[C@@H](C)NC(=O)[C@@H](CC)N(Cc1cccc(C)c1)C(=O)CCc1ccccc1. The Labute approximate surface area is 175 Å². The van der Waals surface area contributed by atoms with E-state index in [0.717, 1.165) is 23.1 Å². The molecule has 4 nitrogen and oxygen atoms in total. The number of rotatable bonds is 10. The lowest BCUT2D eigenvalue weighted by Gasteiger charge is -2.31. The summed E-state index contributed by atoms with van der Waals surface area (Å²) in [5.41, 5.74) is 3.33. The highest BCUT2D eigenvalue weighted by molar-refractivity contribution is 5.87. The largest absolute Gasteiger partial charge is 0.352 e. The summed E-state index contributed by atoms with van der Waals surface area (Å²) >= 11 is 0. The van der Waals surface area contributed by atoms with Crippen LogP contribution in [-0.2, 0) is 22.6 Å². The third kappa shape index (κ3) is 7.04. The van der Waals surface area contributed by atoms with Gasteiger partial charge >= 0.3 is 0 Å². The van der Waals surface area contributed by atoms with Gasteiger partial charge in [-0.25, -0.2) is 0 Å². The van der Waals surface area contributed by atoms with Crippen LogP contribution < -0.4 is 5.32 Å². The van der Waals surface area contributed by atoms with Crippen molar-refractivity contribution in [2.75, 3.05) is 0 Å². The van der Waals surface area contributed by atoms with Gasteiger partial charge < -0.3 is 10.2 Å². The molecular formula is C25H34N2O2. The van der Waals surface area contributed by atoms with Crippen molar-refractivity contribution in [1.82, 2.24) is 10.2 Å². The molecule has 0 bridgehead atoms. The minimum absolute atomic E-state index is 0.0153. The van der Waals surface area contributed by atoms with Crippen LogP contribution >= 0.6 is 0 Å². The highest BCUT2D eigenvalue weighted by atomic mass is 16.2. The van der Waals surface area contributed by atoms with Crippen LogP contribution in [0, 0.1) is 6.92 Å². The first kappa shape index (κ1) is 22.7. The van der Waals surface area contributed by atoms with E-state index in [4.69, 9.17) is 0 Å². The molecule has 29 heavy (non-hydrogen) atoms. The van der Waals surface area contributed by atoms with Gasteiger partial charge in [0.2, 0.25) is 11.8 Å². The third-order valence-corrected chi connectivity index (χ3v) is 5.29. The summed E-state index contributed by atoms with van der Waals surface area (Å²) in [5, 5.41) is 3.05. The number of nitrogens with one attached hydrogen (secondary N) is 1. The van der Waals surface area contributed by atoms with Gasteiger partial charge in [0.15, 0.2) is 0 Å². The Bertz CT molecular complexity index is 788. The van der Waals surface area contributed by atoms with E-state index in [9.17, 15) is 9.59 Å². The maximum absolute atomic E-state index is 13.2. The molecule has 0 fully saturated rings. The molecule has 0 unspecified atom stereocenters. The van der Waals surface area contributed by atoms with E-state index in [0.29, 0.717) is 25.8 Å².